The Hall–Kier alpha value is -2.62. The Balaban J connectivity index is 1.82. The highest BCUT2D eigenvalue weighted by Gasteiger charge is 2.62. The lowest BCUT2D eigenvalue weighted by molar-refractivity contribution is -0.186. The first-order valence-corrected chi connectivity index (χ1v) is 8.18. The molecule has 0 saturated carbocycles. The van der Waals surface area contributed by atoms with Crippen molar-refractivity contribution in [2.24, 2.45) is 5.92 Å². The fourth-order valence-electron chi connectivity index (χ4n) is 3.53. The smallest absolute Gasteiger partial charge is 0.330 e. The summed E-state index contributed by atoms with van der Waals surface area (Å²) in [7, 11) is 0. The van der Waals surface area contributed by atoms with Gasteiger partial charge in [-0.3, -0.25) is 4.79 Å². The molecule has 0 bridgehead atoms. The van der Waals surface area contributed by atoms with E-state index >= 15 is 0 Å². The zero-order valence-electron chi connectivity index (χ0n) is 13.7. The van der Waals surface area contributed by atoms with Gasteiger partial charge in [0.1, 0.15) is 0 Å². The minimum atomic E-state index is -1.15. The number of β-lactam (4-membered cyclic amide) rings is 1. The van der Waals surface area contributed by atoms with Gasteiger partial charge < -0.3 is 10.0 Å². The number of hydrogen-bond acceptors (Lipinski definition) is 2. The normalized spacial score (nSPS) is 23.0. The van der Waals surface area contributed by atoms with E-state index in [0.717, 1.165) is 11.1 Å². The monoisotopic (exact) mass is 323 g/mol. The molecule has 3 rings (SSSR count). The van der Waals surface area contributed by atoms with Gasteiger partial charge in [-0.05, 0) is 17.5 Å². The van der Waals surface area contributed by atoms with E-state index in [1.165, 1.54) is 0 Å². The Labute approximate surface area is 141 Å². The maximum atomic E-state index is 12.4. The predicted molar refractivity (Wildman–Crippen MR) is 91.5 cm³/mol. The van der Waals surface area contributed by atoms with Gasteiger partial charge in [-0.2, -0.15) is 0 Å². The number of carboxylic acid groups (broad SMARTS) is 1. The molecule has 124 valence electrons. The number of rotatable bonds is 6. The standard InChI is InChI=1S/C20H21NO3/c1-15-18(22)21(13-12-16-8-4-2-5-9-16)20(15,19(23)24)14-17-10-6-3-7-11-17/h2-11,15H,12-14H2,1H3,(H,23,24)/t15-,20+/m1/s1. The predicted octanol–water partition coefficient (Wildman–Crippen LogP) is 2.77. The van der Waals surface area contributed by atoms with Gasteiger partial charge in [-0.25, -0.2) is 4.79 Å². The number of benzene rings is 2. The summed E-state index contributed by atoms with van der Waals surface area (Å²) < 4.78 is 0. The number of amides is 1. The van der Waals surface area contributed by atoms with Gasteiger partial charge in [0.25, 0.3) is 0 Å². The Morgan fingerprint density at radius 1 is 1.04 bits per heavy atom. The zero-order valence-corrected chi connectivity index (χ0v) is 13.7. The minimum absolute atomic E-state index is 0.0794. The van der Waals surface area contributed by atoms with Crippen LogP contribution >= 0.6 is 0 Å². The van der Waals surface area contributed by atoms with E-state index in [1.54, 1.807) is 11.8 Å². The van der Waals surface area contributed by atoms with E-state index in [4.69, 9.17) is 0 Å². The topological polar surface area (TPSA) is 57.6 Å². The average Bonchev–Trinajstić information content (AvgIpc) is 2.61. The van der Waals surface area contributed by atoms with E-state index in [-0.39, 0.29) is 5.91 Å². The molecular formula is C20H21NO3. The third-order valence-electron chi connectivity index (χ3n) is 4.99. The van der Waals surface area contributed by atoms with Crippen LogP contribution in [-0.4, -0.2) is 34.0 Å². The first kappa shape index (κ1) is 16.2. The van der Waals surface area contributed by atoms with Crippen molar-refractivity contribution >= 4 is 11.9 Å². The van der Waals surface area contributed by atoms with Gasteiger partial charge in [0.2, 0.25) is 5.91 Å². The number of carboxylic acids is 1. The molecule has 4 nitrogen and oxygen atoms in total. The maximum absolute atomic E-state index is 12.4. The van der Waals surface area contributed by atoms with E-state index in [1.807, 2.05) is 60.7 Å². The van der Waals surface area contributed by atoms with Crippen LogP contribution in [0.1, 0.15) is 18.1 Å². The zero-order chi connectivity index (χ0) is 17.2. The molecule has 2 aromatic carbocycles. The molecule has 0 aliphatic carbocycles. The van der Waals surface area contributed by atoms with Crippen LogP contribution in [0.25, 0.3) is 0 Å². The molecule has 0 radical (unpaired) electrons. The number of hydrogen-bond donors (Lipinski definition) is 1. The molecule has 2 atom stereocenters. The highest BCUT2D eigenvalue weighted by Crippen LogP contribution is 2.41. The molecule has 1 fully saturated rings. The Morgan fingerprint density at radius 3 is 2.12 bits per heavy atom. The van der Waals surface area contributed by atoms with Crippen molar-refractivity contribution < 1.29 is 14.7 Å². The van der Waals surface area contributed by atoms with Gasteiger partial charge in [0, 0.05) is 13.0 Å². The maximum Gasteiger partial charge on any atom is 0.330 e. The third-order valence-corrected chi connectivity index (χ3v) is 4.99. The molecule has 1 amide bonds. The Kier molecular flexibility index (Phi) is 4.38. The molecule has 1 heterocycles. The Morgan fingerprint density at radius 2 is 1.58 bits per heavy atom. The average molecular weight is 323 g/mol. The summed E-state index contributed by atoms with van der Waals surface area (Å²) in [6.45, 7) is 2.14. The molecule has 0 spiro atoms. The largest absolute Gasteiger partial charge is 0.479 e. The molecular weight excluding hydrogens is 302 g/mol. The van der Waals surface area contributed by atoms with Crippen molar-refractivity contribution in [3.8, 4) is 0 Å². The lowest BCUT2D eigenvalue weighted by atomic mass is 9.70. The molecule has 0 unspecified atom stereocenters. The van der Waals surface area contributed by atoms with Gasteiger partial charge in [0.05, 0.1) is 5.92 Å². The summed E-state index contributed by atoms with van der Waals surface area (Å²) in [5.41, 5.74) is 0.889. The second kappa shape index (κ2) is 6.48. The van der Waals surface area contributed by atoms with Crippen LogP contribution in [0.4, 0.5) is 0 Å². The highest BCUT2D eigenvalue weighted by molar-refractivity contribution is 6.00. The molecule has 1 saturated heterocycles. The summed E-state index contributed by atoms with van der Waals surface area (Å²) in [6, 6.07) is 19.3. The minimum Gasteiger partial charge on any atom is -0.479 e. The van der Waals surface area contributed by atoms with Crippen LogP contribution in [0.5, 0.6) is 0 Å². The summed E-state index contributed by atoms with van der Waals surface area (Å²) in [5.74, 6) is -1.51. The van der Waals surface area contributed by atoms with Crippen LogP contribution in [0, 0.1) is 5.92 Å². The first-order chi connectivity index (χ1) is 11.6. The van der Waals surface area contributed by atoms with Crippen LogP contribution in [-0.2, 0) is 22.4 Å². The summed E-state index contributed by atoms with van der Waals surface area (Å²) in [6.07, 6.45) is 0.994. The Bertz CT molecular complexity index is 729. The van der Waals surface area contributed by atoms with Crippen molar-refractivity contribution in [1.29, 1.82) is 0 Å². The molecule has 2 aromatic rings. The van der Waals surface area contributed by atoms with E-state index in [0.29, 0.717) is 19.4 Å². The van der Waals surface area contributed by atoms with Crippen molar-refractivity contribution in [3.63, 3.8) is 0 Å². The molecule has 1 aliphatic heterocycles. The first-order valence-electron chi connectivity index (χ1n) is 8.18. The van der Waals surface area contributed by atoms with Gasteiger partial charge >= 0.3 is 5.97 Å². The summed E-state index contributed by atoms with van der Waals surface area (Å²) in [5, 5.41) is 9.91. The van der Waals surface area contributed by atoms with E-state index in [2.05, 4.69) is 0 Å². The van der Waals surface area contributed by atoms with Gasteiger partial charge in [0.15, 0.2) is 5.54 Å². The fraction of sp³-hybridized carbons (Fsp3) is 0.300. The quantitative estimate of drug-likeness (QED) is 0.832. The van der Waals surface area contributed by atoms with Crippen LogP contribution in [0.15, 0.2) is 60.7 Å². The number of likely N-dealkylation sites (tertiary alicyclic amines) is 1. The van der Waals surface area contributed by atoms with E-state index in [9.17, 15) is 14.7 Å². The SMILES string of the molecule is C[C@@H]1C(=O)N(CCc2ccccc2)[C@]1(Cc1ccccc1)C(=O)O. The third kappa shape index (κ3) is 2.68. The number of carbonyl (C=O) groups excluding carboxylic acids is 1. The number of aliphatic carboxylic acids is 1. The van der Waals surface area contributed by atoms with Gasteiger partial charge in [-0.1, -0.05) is 67.6 Å². The highest BCUT2D eigenvalue weighted by atomic mass is 16.4. The summed E-state index contributed by atoms with van der Waals surface area (Å²) in [4.78, 5) is 26.0. The molecule has 1 aliphatic rings. The van der Waals surface area contributed by atoms with Crippen LogP contribution in [0.2, 0.25) is 0 Å². The van der Waals surface area contributed by atoms with Crippen LogP contribution < -0.4 is 0 Å². The van der Waals surface area contributed by atoms with Crippen molar-refractivity contribution in [1.82, 2.24) is 4.90 Å². The summed E-state index contributed by atoms with van der Waals surface area (Å²) >= 11 is 0. The van der Waals surface area contributed by atoms with Crippen molar-refractivity contribution in [2.45, 2.75) is 25.3 Å². The number of carbonyl (C=O) groups is 2. The van der Waals surface area contributed by atoms with Crippen molar-refractivity contribution in [3.05, 3.63) is 71.8 Å². The molecule has 1 N–H and O–H groups in total. The van der Waals surface area contributed by atoms with Crippen LogP contribution in [0.3, 0.4) is 0 Å². The molecule has 4 heteroatoms. The second-order valence-corrected chi connectivity index (χ2v) is 6.34. The van der Waals surface area contributed by atoms with Crippen molar-refractivity contribution in [2.75, 3.05) is 6.54 Å². The lowest BCUT2D eigenvalue weighted by Gasteiger charge is -2.54. The van der Waals surface area contributed by atoms with Gasteiger partial charge in [-0.15, -0.1) is 0 Å². The fourth-order valence-corrected chi connectivity index (χ4v) is 3.53. The van der Waals surface area contributed by atoms with E-state index < -0.39 is 17.4 Å². The second-order valence-electron chi connectivity index (χ2n) is 6.34. The molecule has 0 aromatic heterocycles. The number of nitrogens with zero attached hydrogens (tertiary/aromatic N) is 1. The molecule has 24 heavy (non-hydrogen) atoms. The lowest BCUT2D eigenvalue weighted by Crippen LogP contribution is -2.75.